The number of methoxy groups -OCH3 is 1. The quantitative estimate of drug-likeness (QED) is 0.102. The van der Waals surface area contributed by atoms with Crippen LogP contribution in [0, 0.1) is 15.9 Å². The molecule has 0 aliphatic heterocycles. The van der Waals surface area contributed by atoms with E-state index in [0.717, 1.165) is 6.07 Å². The molecule has 0 amide bonds. The van der Waals surface area contributed by atoms with Crippen molar-refractivity contribution in [3.8, 4) is 16.9 Å². The Morgan fingerprint density at radius 3 is 2.34 bits per heavy atom. The summed E-state index contributed by atoms with van der Waals surface area (Å²) in [6.07, 6.45) is 3.52. The van der Waals surface area contributed by atoms with Gasteiger partial charge >= 0.3 is 0 Å². The molecule has 220 valence electrons. The van der Waals surface area contributed by atoms with Gasteiger partial charge in [-0.1, -0.05) is 38.4 Å². The van der Waals surface area contributed by atoms with Gasteiger partial charge in [-0.15, -0.1) is 0 Å². The summed E-state index contributed by atoms with van der Waals surface area (Å²) in [5.41, 5.74) is -0.502. The lowest BCUT2D eigenvalue weighted by Crippen LogP contribution is -2.46. The molecule has 0 spiro atoms. The first-order valence-electron chi connectivity index (χ1n) is 13.1. The van der Waals surface area contributed by atoms with Gasteiger partial charge in [0, 0.05) is 40.5 Å². The number of nitro groups is 1. The topological polar surface area (TPSA) is 116 Å². The molecule has 0 saturated carbocycles. The Morgan fingerprint density at radius 1 is 1.17 bits per heavy atom. The van der Waals surface area contributed by atoms with Crippen molar-refractivity contribution in [2.45, 2.75) is 70.8 Å². The van der Waals surface area contributed by atoms with Crippen molar-refractivity contribution in [2.75, 3.05) is 12.4 Å². The number of hydrogen-bond acceptors (Lipinski definition) is 8. The summed E-state index contributed by atoms with van der Waals surface area (Å²) in [6.45, 7) is 14.5. The smallest absolute Gasteiger partial charge is 0.295 e. The van der Waals surface area contributed by atoms with Crippen LogP contribution in [0.1, 0.15) is 58.5 Å². The second kappa shape index (κ2) is 12.2. The predicted octanol–water partition coefficient (Wildman–Crippen LogP) is 7.85. The van der Waals surface area contributed by atoms with Crippen molar-refractivity contribution < 1.29 is 23.3 Å². The Labute approximate surface area is 245 Å². The van der Waals surface area contributed by atoms with Crippen molar-refractivity contribution in [3.63, 3.8) is 0 Å². The summed E-state index contributed by atoms with van der Waals surface area (Å²) in [5.74, 6) is 0.00890. The van der Waals surface area contributed by atoms with Gasteiger partial charge in [0.1, 0.15) is 29.1 Å². The van der Waals surface area contributed by atoms with E-state index >= 15 is 4.39 Å². The highest BCUT2D eigenvalue weighted by Gasteiger charge is 2.43. The van der Waals surface area contributed by atoms with E-state index in [1.165, 1.54) is 25.6 Å². The van der Waals surface area contributed by atoms with Crippen LogP contribution < -0.4 is 10.1 Å². The van der Waals surface area contributed by atoms with Crippen molar-refractivity contribution in [1.82, 2.24) is 9.97 Å². The number of hydrogen-bond donors (Lipinski definition) is 1. The Bertz CT molecular complexity index is 1430. The molecule has 0 unspecified atom stereocenters. The normalized spacial score (nSPS) is 13.0. The summed E-state index contributed by atoms with van der Waals surface area (Å²) in [7, 11) is -0.699. The Morgan fingerprint density at radius 2 is 1.80 bits per heavy atom. The molecule has 0 aliphatic carbocycles. The summed E-state index contributed by atoms with van der Waals surface area (Å²) >= 11 is 6.42. The minimum atomic E-state index is -2.15. The largest absolute Gasteiger partial charge is 0.496 e. The zero-order chi connectivity index (χ0) is 30.8. The van der Waals surface area contributed by atoms with Crippen LogP contribution in [0.15, 0.2) is 42.7 Å². The third-order valence-corrected chi connectivity index (χ3v) is 12.3. The third kappa shape index (κ3) is 7.09. The highest BCUT2D eigenvalue weighted by molar-refractivity contribution is 6.74. The molecule has 9 nitrogen and oxygen atoms in total. The molecule has 0 saturated heterocycles. The van der Waals surface area contributed by atoms with Crippen molar-refractivity contribution in [2.24, 2.45) is 0 Å². The van der Waals surface area contributed by atoms with E-state index in [4.69, 9.17) is 20.8 Å². The first kappa shape index (κ1) is 32.1. The van der Waals surface area contributed by atoms with Crippen molar-refractivity contribution in [1.29, 1.82) is 0 Å². The second-order valence-corrected chi connectivity index (χ2v) is 16.9. The van der Waals surface area contributed by atoms with Crippen LogP contribution in [-0.2, 0) is 14.8 Å². The van der Waals surface area contributed by atoms with Crippen molar-refractivity contribution in [3.05, 3.63) is 75.1 Å². The molecule has 1 aromatic heterocycles. The van der Waals surface area contributed by atoms with Gasteiger partial charge in [-0.3, -0.25) is 10.1 Å². The molecule has 0 bridgehead atoms. The summed E-state index contributed by atoms with van der Waals surface area (Å²) in [6, 6.07) is 6.32. The van der Waals surface area contributed by atoms with Crippen LogP contribution in [0.3, 0.4) is 0 Å². The van der Waals surface area contributed by atoms with E-state index < -0.39 is 36.4 Å². The van der Waals surface area contributed by atoms with Crippen LogP contribution in [0.2, 0.25) is 23.2 Å². The first-order chi connectivity index (χ1) is 19.0. The zero-order valence-electron chi connectivity index (χ0n) is 24.5. The number of carbonyl (C=O) groups is 1. The van der Waals surface area contributed by atoms with E-state index in [2.05, 4.69) is 49.1 Å². The number of ether oxygens (including phenoxy) is 1. The van der Waals surface area contributed by atoms with Gasteiger partial charge in [0.05, 0.1) is 24.1 Å². The molecule has 3 aromatic rings. The zero-order valence-corrected chi connectivity index (χ0v) is 26.3. The van der Waals surface area contributed by atoms with Crippen LogP contribution >= 0.6 is 11.6 Å². The number of anilines is 1. The van der Waals surface area contributed by atoms with Crippen LogP contribution in [-0.4, -0.2) is 36.6 Å². The lowest BCUT2D eigenvalue weighted by molar-refractivity contribution is -0.384. The average Bonchev–Trinajstić information content (AvgIpc) is 2.87. The molecular weight excluding hydrogens is 567 g/mol. The van der Waals surface area contributed by atoms with Crippen LogP contribution in [0.4, 0.5) is 15.8 Å². The number of carbonyl (C=O) groups excluding carboxylic acids is 1. The Kier molecular flexibility index (Phi) is 9.57. The molecule has 3 rings (SSSR count). The number of nitrogens with zero attached hydrogens (tertiary/aromatic N) is 3. The van der Waals surface area contributed by atoms with Crippen LogP contribution in [0.5, 0.6) is 5.75 Å². The van der Waals surface area contributed by atoms with Crippen LogP contribution in [0.25, 0.3) is 11.1 Å². The SMILES string of the molecule is COc1cccc(Cl)c1[C@@H](CC=O)Nc1cc(-c2cnc(C(C)(C)O[Si](C)(C)C(C)(C)C)nc2)c(F)cc1[N+](=O)[O-]. The molecule has 1 atom stereocenters. The molecule has 1 heterocycles. The number of nitrogens with one attached hydrogen (secondary N) is 1. The lowest BCUT2D eigenvalue weighted by Gasteiger charge is -2.42. The van der Waals surface area contributed by atoms with Gasteiger partial charge in [-0.2, -0.15) is 0 Å². The Hall–Kier alpha value is -3.41. The lowest BCUT2D eigenvalue weighted by atomic mass is 10.0. The highest BCUT2D eigenvalue weighted by Crippen LogP contribution is 2.42. The minimum Gasteiger partial charge on any atom is -0.496 e. The van der Waals surface area contributed by atoms with E-state index in [-0.39, 0.29) is 22.7 Å². The maximum atomic E-state index is 15.3. The van der Waals surface area contributed by atoms with E-state index in [0.29, 0.717) is 34.0 Å². The van der Waals surface area contributed by atoms with Gasteiger partial charge in [0.15, 0.2) is 14.1 Å². The number of aromatic nitrogens is 2. The van der Waals surface area contributed by atoms with Gasteiger partial charge in [0.2, 0.25) is 0 Å². The number of halogens is 2. The number of nitro benzene ring substituents is 1. The fraction of sp³-hybridized carbons (Fsp3) is 0.414. The predicted molar refractivity (Wildman–Crippen MR) is 160 cm³/mol. The molecule has 12 heteroatoms. The van der Waals surface area contributed by atoms with E-state index in [1.807, 2.05) is 13.8 Å². The fourth-order valence-corrected chi connectivity index (χ4v) is 6.20. The summed E-state index contributed by atoms with van der Waals surface area (Å²) < 4.78 is 27.2. The first-order valence-corrected chi connectivity index (χ1v) is 16.3. The molecular formula is C29H36ClFN4O5Si. The number of aldehydes is 1. The minimum absolute atomic E-state index is 0.00844. The maximum absolute atomic E-state index is 15.3. The van der Waals surface area contributed by atoms with Gasteiger partial charge < -0.3 is 19.3 Å². The third-order valence-electron chi connectivity index (χ3n) is 7.34. The standard InChI is InChI=1S/C29H36ClFN4O5Si/c1-28(2,3)41(7,8)40-29(4,5)27-32-16-18(17-33-27)19-14-23(24(35(37)38)15-21(19)31)34-22(12-13-36)26-20(30)10-9-11-25(26)39-6/h9-11,13-17,22,34H,12H2,1-8H3/t22-/m1/s1. The number of benzene rings is 2. The van der Waals surface area contributed by atoms with Gasteiger partial charge in [-0.25, -0.2) is 14.4 Å². The van der Waals surface area contributed by atoms with Gasteiger partial charge in [-0.05, 0) is 50.2 Å². The number of rotatable bonds is 11. The highest BCUT2D eigenvalue weighted by atomic mass is 35.5. The van der Waals surface area contributed by atoms with Crippen molar-refractivity contribution >= 4 is 37.6 Å². The second-order valence-electron chi connectivity index (χ2n) is 11.7. The summed E-state index contributed by atoms with van der Waals surface area (Å²) in [4.78, 5) is 31.7. The summed E-state index contributed by atoms with van der Waals surface area (Å²) in [5, 5.41) is 15.2. The molecule has 2 aromatic carbocycles. The molecule has 0 radical (unpaired) electrons. The average molecular weight is 603 g/mol. The fourth-order valence-electron chi connectivity index (χ4n) is 4.23. The molecule has 1 N–H and O–H groups in total. The van der Waals surface area contributed by atoms with Gasteiger partial charge in [0.25, 0.3) is 5.69 Å². The monoisotopic (exact) mass is 602 g/mol. The maximum Gasteiger partial charge on any atom is 0.295 e. The molecule has 0 aliphatic rings. The Balaban J connectivity index is 2.04. The molecule has 0 fully saturated rings. The van der Waals surface area contributed by atoms with E-state index in [9.17, 15) is 14.9 Å². The van der Waals surface area contributed by atoms with E-state index in [1.54, 1.807) is 18.2 Å². The molecule has 41 heavy (non-hydrogen) atoms.